The van der Waals surface area contributed by atoms with Crippen LogP contribution in [0.4, 0.5) is 13.2 Å². The zero-order chi connectivity index (χ0) is 14.3. The van der Waals surface area contributed by atoms with Crippen molar-refractivity contribution in [1.29, 1.82) is 0 Å². The molecule has 3 nitrogen and oxygen atoms in total. The van der Waals surface area contributed by atoms with E-state index in [1.54, 1.807) is 6.07 Å². The normalized spacial score (nSPS) is 11.0. The van der Waals surface area contributed by atoms with Gasteiger partial charge in [-0.15, -0.1) is 0 Å². The lowest BCUT2D eigenvalue weighted by molar-refractivity contribution is 0.413. The monoisotopic (exact) mass is 278 g/mol. The molecule has 0 atom stereocenters. The van der Waals surface area contributed by atoms with E-state index in [9.17, 15) is 13.2 Å². The maximum absolute atomic E-state index is 13.9. The minimum Gasteiger partial charge on any atom is -0.496 e. The number of ether oxygens (including phenoxy) is 1. The molecule has 0 aliphatic rings. The first kappa shape index (κ1) is 12.5. The molecule has 20 heavy (non-hydrogen) atoms. The van der Waals surface area contributed by atoms with Gasteiger partial charge in [0.2, 0.25) is 0 Å². The molecule has 0 fully saturated rings. The van der Waals surface area contributed by atoms with Crippen molar-refractivity contribution in [2.45, 2.75) is 0 Å². The summed E-state index contributed by atoms with van der Waals surface area (Å²) in [5.41, 5.74) is 0.612. The van der Waals surface area contributed by atoms with E-state index in [-0.39, 0.29) is 28.2 Å². The summed E-state index contributed by atoms with van der Waals surface area (Å²) in [5.74, 6) is -2.10. The highest BCUT2D eigenvalue weighted by molar-refractivity contribution is 5.81. The summed E-state index contributed by atoms with van der Waals surface area (Å²) in [6, 6.07) is 6.27. The van der Waals surface area contributed by atoms with Gasteiger partial charge in [0.25, 0.3) is 0 Å². The number of halogens is 3. The Labute approximate surface area is 112 Å². The molecule has 1 heterocycles. The summed E-state index contributed by atoms with van der Waals surface area (Å²) in [6.07, 6.45) is 0. The minimum atomic E-state index is -1.00. The van der Waals surface area contributed by atoms with Gasteiger partial charge in [-0.3, -0.25) is 0 Å². The number of hydrogen-bond acceptors (Lipinski definition) is 2. The summed E-state index contributed by atoms with van der Waals surface area (Å²) >= 11 is 0. The Hall–Kier alpha value is -2.50. The Bertz CT molecular complexity index is 759. The van der Waals surface area contributed by atoms with Crippen LogP contribution in [0.3, 0.4) is 0 Å². The van der Waals surface area contributed by atoms with Crippen molar-refractivity contribution < 1.29 is 17.9 Å². The predicted molar refractivity (Wildman–Crippen MR) is 68.0 cm³/mol. The average Bonchev–Trinajstić information content (AvgIpc) is 2.81. The number of benzene rings is 2. The molecule has 0 aliphatic heterocycles. The third kappa shape index (κ3) is 1.89. The lowest BCUT2D eigenvalue weighted by Gasteiger charge is -2.06. The van der Waals surface area contributed by atoms with Gasteiger partial charge < -0.3 is 9.72 Å². The topological polar surface area (TPSA) is 37.9 Å². The zero-order valence-corrected chi connectivity index (χ0v) is 10.4. The first-order chi connectivity index (χ1) is 9.60. The molecular formula is C14H9F3N2O. The second-order valence-corrected chi connectivity index (χ2v) is 4.19. The largest absolute Gasteiger partial charge is 0.496 e. The minimum absolute atomic E-state index is 0.118. The maximum Gasteiger partial charge on any atom is 0.161 e. The van der Waals surface area contributed by atoms with Crippen LogP contribution in [0.1, 0.15) is 0 Å². The quantitative estimate of drug-likeness (QED) is 0.777. The van der Waals surface area contributed by atoms with Crippen molar-refractivity contribution in [3.8, 4) is 17.1 Å². The van der Waals surface area contributed by atoms with Crippen LogP contribution in [0, 0.1) is 17.5 Å². The van der Waals surface area contributed by atoms with Crippen LogP contribution in [0.2, 0.25) is 0 Å². The number of rotatable bonds is 2. The van der Waals surface area contributed by atoms with E-state index in [4.69, 9.17) is 4.74 Å². The maximum atomic E-state index is 13.9. The van der Waals surface area contributed by atoms with E-state index in [2.05, 4.69) is 9.97 Å². The molecule has 1 aromatic heterocycles. The first-order valence-electron chi connectivity index (χ1n) is 5.78. The van der Waals surface area contributed by atoms with Gasteiger partial charge in [0.1, 0.15) is 17.4 Å². The van der Waals surface area contributed by atoms with Crippen LogP contribution in [0.25, 0.3) is 22.4 Å². The van der Waals surface area contributed by atoms with Gasteiger partial charge in [-0.2, -0.15) is 0 Å². The van der Waals surface area contributed by atoms with Crippen LogP contribution >= 0.6 is 0 Å². The molecule has 2 aromatic carbocycles. The van der Waals surface area contributed by atoms with Gasteiger partial charge in [-0.1, -0.05) is 6.07 Å². The molecule has 3 rings (SSSR count). The van der Waals surface area contributed by atoms with Gasteiger partial charge in [-0.25, -0.2) is 18.2 Å². The Morgan fingerprint density at radius 3 is 2.55 bits per heavy atom. The number of aromatic amines is 1. The van der Waals surface area contributed by atoms with E-state index in [0.29, 0.717) is 0 Å². The second-order valence-electron chi connectivity index (χ2n) is 4.19. The molecule has 102 valence electrons. The number of fused-ring (bicyclic) bond motifs is 1. The lowest BCUT2D eigenvalue weighted by Crippen LogP contribution is -1.92. The van der Waals surface area contributed by atoms with E-state index in [1.807, 2.05) is 0 Å². The number of methoxy groups -OCH3 is 1. The van der Waals surface area contributed by atoms with Crippen LogP contribution in [0.15, 0.2) is 30.3 Å². The predicted octanol–water partition coefficient (Wildman–Crippen LogP) is 3.66. The van der Waals surface area contributed by atoms with Gasteiger partial charge in [0.05, 0.1) is 23.7 Å². The van der Waals surface area contributed by atoms with E-state index in [1.165, 1.54) is 19.2 Å². The Kier molecular flexibility index (Phi) is 2.85. The smallest absolute Gasteiger partial charge is 0.161 e. The summed E-state index contributed by atoms with van der Waals surface area (Å²) in [6.45, 7) is 0. The Morgan fingerprint density at radius 1 is 1.05 bits per heavy atom. The standard InChI is InChI=1S/C14H9F3N2O/c1-20-12-4-2-3-7(15)13(12)14-18-10-5-8(16)9(17)6-11(10)19-14/h2-6H,1H3,(H,18,19). The lowest BCUT2D eigenvalue weighted by atomic mass is 10.2. The van der Waals surface area contributed by atoms with Crippen molar-refractivity contribution in [2.75, 3.05) is 7.11 Å². The highest BCUT2D eigenvalue weighted by atomic mass is 19.2. The van der Waals surface area contributed by atoms with E-state index in [0.717, 1.165) is 12.1 Å². The third-order valence-electron chi connectivity index (χ3n) is 2.96. The molecular weight excluding hydrogens is 269 g/mol. The molecule has 0 unspecified atom stereocenters. The number of hydrogen-bond donors (Lipinski definition) is 1. The third-order valence-corrected chi connectivity index (χ3v) is 2.96. The molecule has 1 N–H and O–H groups in total. The highest BCUT2D eigenvalue weighted by Gasteiger charge is 2.16. The van der Waals surface area contributed by atoms with Crippen LogP contribution in [0.5, 0.6) is 5.75 Å². The summed E-state index contributed by atoms with van der Waals surface area (Å²) < 4.78 is 45.3. The van der Waals surface area contributed by atoms with E-state index >= 15 is 0 Å². The molecule has 0 spiro atoms. The second kappa shape index (κ2) is 4.56. The van der Waals surface area contributed by atoms with Crippen molar-refractivity contribution in [2.24, 2.45) is 0 Å². The fourth-order valence-corrected chi connectivity index (χ4v) is 2.03. The Balaban J connectivity index is 2.25. The molecule has 6 heteroatoms. The highest BCUT2D eigenvalue weighted by Crippen LogP contribution is 2.32. The van der Waals surface area contributed by atoms with Crippen LogP contribution in [-0.2, 0) is 0 Å². The van der Waals surface area contributed by atoms with Crippen molar-refractivity contribution in [3.05, 3.63) is 47.8 Å². The SMILES string of the molecule is COc1cccc(F)c1-c1nc2cc(F)c(F)cc2[nH]1. The fraction of sp³-hybridized carbons (Fsp3) is 0.0714. The zero-order valence-electron chi connectivity index (χ0n) is 10.4. The molecule has 0 amide bonds. The average molecular weight is 278 g/mol. The van der Waals surface area contributed by atoms with Crippen LogP contribution < -0.4 is 4.74 Å². The number of H-pyrrole nitrogens is 1. The Morgan fingerprint density at radius 2 is 1.80 bits per heavy atom. The van der Waals surface area contributed by atoms with Gasteiger partial charge in [0.15, 0.2) is 11.6 Å². The van der Waals surface area contributed by atoms with Gasteiger partial charge >= 0.3 is 0 Å². The summed E-state index contributed by atoms with van der Waals surface area (Å²) in [4.78, 5) is 6.83. The molecule has 0 saturated heterocycles. The van der Waals surface area contributed by atoms with Crippen LogP contribution in [-0.4, -0.2) is 17.1 Å². The first-order valence-corrected chi connectivity index (χ1v) is 5.78. The van der Waals surface area contributed by atoms with Crippen molar-refractivity contribution >= 4 is 11.0 Å². The molecule has 0 radical (unpaired) electrons. The van der Waals surface area contributed by atoms with Crippen molar-refractivity contribution in [3.63, 3.8) is 0 Å². The van der Waals surface area contributed by atoms with E-state index < -0.39 is 17.5 Å². The number of nitrogens with one attached hydrogen (secondary N) is 1. The van der Waals surface area contributed by atoms with Crippen molar-refractivity contribution in [1.82, 2.24) is 9.97 Å². The summed E-state index contributed by atoms with van der Waals surface area (Å²) in [7, 11) is 1.40. The molecule has 0 saturated carbocycles. The fourth-order valence-electron chi connectivity index (χ4n) is 2.03. The number of aromatic nitrogens is 2. The molecule has 0 bridgehead atoms. The molecule has 0 aliphatic carbocycles. The van der Waals surface area contributed by atoms with Gasteiger partial charge in [-0.05, 0) is 12.1 Å². The number of nitrogens with zero attached hydrogens (tertiary/aromatic N) is 1. The molecule has 3 aromatic rings. The number of imidazole rings is 1. The van der Waals surface area contributed by atoms with Gasteiger partial charge in [0, 0.05) is 12.1 Å². The summed E-state index contributed by atoms with van der Waals surface area (Å²) in [5, 5.41) is 0.